The van der Waals surface area contributed by atoms with E-state index in [1.165, 1.54) is 13.0 Å². The van der Waals surface area contributed by atoms with Crippen LogP contribution in [0.2, 0.25) is 0 Å². The Bertz CT molecular complexity index is 671. The summed E-state index contributed by atoms with van der Waals surface area (Å²) >= 11 is 0. The van der Waals surface area contributed by atoms with Crippen LogP contribution in [0.3, 0.4) is 0 Å². The summed E-state index contributed by atoms with van der Waals surface area (Å²) < 4.78 is 19.7. The Morgan fingerprint density at radius 2 is 2.00 bits per heavy atom. The first-order chi connectivity index (χ1) is 10.5. The van der Waals surface area contributed by atoms with Gasteiger partial charge in [-0.15, -0.1) is 0 Å². The third kappa shape index (κ3) is 4.70. The molecule has 0 saturated carbocycles. The molecule has 2 rings (SSSR count). The molecule has 0 radical (unpaired) electrons. The number of hydrogen-bond donors (Lipinski definition) is 1. The molecule has 0 fully saturated rings. The number of aliphatic hydroxyl groups excluding tert-OH is 1. The van der Waals surface area contributed by atoms with Crippen LogP contribution < -0.4 is 4.74 Å². The summed E-state index contributed by atoms with van der Waals surface area (Å²) in [6.45, 7) is 1.29. The molecule has 1 N–H and O–H groups in total. The van der Waals surface area contributed by atoms with Gasteiger partial charge in [0.05, 0.1) is 11.5 Å². The molecular formula is C17H16FNO3. The summed E-state index contributed by atoms with van der Waals surface area (Å²) in [7, 11) is 0. The largest absolute Gasteiger partial charge is 0.512 e. The lowest BCUT2D eigenvalue weighted by molar-refractivity contribution is -0.112. The average molecular weight is 301 g/mol. The fourth-order valence-corrected chi connectivity index (χ4v) is 1.85. The molecule has 22 heavy (non-hydrogen) atoms. The van der Waals surface area contributed by atoms with Crippen molar-refractivity contribution >= 4 is 5.78 Å². The van der Waals surface area contributed by atoms with Gasteiger partial charge in [0.25, 0.3) is 0 Å². The van der Waals surface area contributed by atoms with E-state index in [0.717, 1.165) is 6.08 Å². The number of halogens is 1. The number of pyridine rings is 1. The molecule has 1 heterocycles. The number of benzene rings is 1. The maximum absolute atomic E-state index is 14.1. The van der Waals surface area contributed by atoms with Gasteiger partial charge >= 0.3 is 0 Å². The molecule has 0 bridgehead atoms. The summed E-state index contributed by atoms with van der Waals surface area (Å²) in [4.78, 5) is 14.9. The van der Waals surface area contributed by atoms with Crippen LogP contribution in [-0.4, -0.2) is 15.9 Å². The second-order valence-corrected chi connectivity index (χ2v) is 4.73. The zero-order valence-electron chi connectivity index (χ0n) is 12.1. The van der Waals surface area contributed by atoms with Crippen molar-refractivity contribution in [3.8, 4) is 11.6 Å². The van der Waals surface area contributed by atoms with Gasteiger partial charge in [0.1, 0.15) is 11.9 Å². The second-order valence-electron chi connectivity index (χ2n) is 4.73. The molecule has 0 spiro atoms. The maximum Gasteiger partial charge on any atom is 0.219 e. The van der Waals surface area contributed by atoms with Crippen molar-refractivity contribution in [2.45, 2.75) is 19.5 Å². The van der Waals surface area contributed by atoms with Crippen LogP contribution in [0.15, 0.2) is 60.4 Å². The summed E-state index contributed by atoms with van der Waals surface area (Å²) in [5, 5.41) is 9.50. The van der Waals surface area contributed by atoms with Gasteiger partial charge in [-0.25, -0.2) is 9.37 Å². The van der Waals surface area contributed by atoms with Crippen molar-refractivity contribution in [3.63, 3.8) is 0 Å². The highest BCUT2D eigenvalue weighted by Crippen LogP contribution is 2.26. The van der Waals surface area contributed by atoms with Crippen LogP contribution in [0.5, 0.6) is 11.6 Å². The van der Waals surface area contributed by atoms with E-state index >= 15 is 0 Å². The van der Waals surface area contributed by atoms with Gasteiger partial charge in [-0.05, 0) is 25.1 Å². The number of nitrogens with zero attached hydrogens (tertiary/aromatic N) is 1. The highest BCUT2D eigenvalue weighted by molar-refractivity contribution is 5.87. The van der Waals surface area contributed by atoms with Gasteiger partial charge in [-0.2, -0.15) is 0 Å². The molecule has 0 aliphatic rings. The number of aliphatic hydroxyl groups is 1. The topological polar surface area (TPSA) is 59.4 Å². The number of hydrogen-bond acceptors (Lipinski definition) is 4. The molecule has 5 heteroatoms. The normalized spacial score (nSPS) is 12.7. The zero-order chi connectivity index (χ0) is 15.9. The van der Waals surface area contributed by atoms with Gasteiger partial charge in [0.2, 0.25) is 5.88 Å². The fraction of sp³-hybridized carbons (Fsp3) is 0.176. The zero-order valence-corrected chi connectivity index (χ0v) is 12.1. The molecular weight excluding hydrogens is 285 g/mol. The number of aromatic nitrogens is 1. The fourth-order valence-electron chi connectivity index (χ4n) is 1.85. The number of para-hydroxylation sites is 1. The lowest BCUT2D eigenvalue weighted by Gasteiger charge is -2.09. The SMILES string of the molecule is CC(=O)/C=C(\O)CC(F)c1cccc(Oc2ccccc2)n1. The number of carbonyl (C=O) groups excluding carboxylic acids is 1. The molecule has 0 saturated heterocycles. The minimum atomic E-state index is -1.52. The van der Waals surface area contributed by atoms with E-state index in [1.807, 2.05) is 18.2 Å². The van der Waals surface area contributed by atoms with Crippen LogP contribution in [0.1, 0.15) is 25.2 Å². The molecule has 1 aromatic heterocycles. The molecule has 0 amide bonds. The Balaban J connectivity index is 2.09. The molecule has 1 unspecified atom stereocenters. The van der Waals surface area contributed by atoms with Crippen LogP contribution in [-0.2, 0) is 4.79 Å². The van der Waals surface area contributed by atoms with Crippen molar-refractivity contribution < 1.29 is 19.0 Å². The molecule has 1 aromatic carbocycles. The van der Waals surface area contributed by atoms with Gasteiger partial charge in [0, 0.05) is 18.6 Å². The Morgan fingerprint density at radius 1 is 1.27 bits per heavy atom. The van der Waals surface area contributed by atoms with Crippen LogP contribution in [0.4, 0.5) is 4.39 Å². The Hall–Kier alpha value is -2.69. The quantitative estimate of drug-likeness (QED) is 0.638. The Morgan fingerprint density at radius 3 is 2.68 bits per heavy atom. The monoisotopic (exact) mass is 301 g/mol. The van der Waals surface area contributed by atoms with Crippen LogP contribution in [0, 0.1) is 0 Å². The molecule has 4 nitrogen and oxygen atoms in total. The predicted molar refractivity (Wildman–Crippen MR) is 80.6 cm³/mol. The van der Waals surface area contributed by atoms with Gasteiger partial charge in [-0.1, -0.05) is 24.3 Å². The predicted octanol–water partition coefficient (Wildman–Crippen LogP) is 4.31. The van der Waals surface area contributed by atoms with E-state index in [-0.39, 0.29) is 29.5 Å². The van der Waals surface area contributed by atoms with Crippen molar-refractivity contribution in [2.24, 2.45) is 0 Å². The number of ether oxygens (including phenoxy) is 1. The molecule has 2 aromatic rings. The van der Waals surface area contributed by atoms with Crippen LogP contribution in [0.25, 0.3) is 0 Å². The van der Waals surface area contributed by atoms with E-state index in [4.69, 9.17) is 4.74 Å². The lowest BCUT2D eigenvalue weighted by atomic mass is 10.1. The Labute approximate surface area is 127 Å². The first kappa shape index (κ1) is 15.7. The smallest absolute Gasteiger partial charge is 0.219 e. The van der Waals surface area contributed by atoms with Crippen molar-refractivity contribution in [1.29, 1.82) is 0 Å². The van der Waals surface area contributed by atoms with E-state index in [1.54, 1.807) is 24.3 Å². The van der Waals surface area contributed by atoms with Crippen molar-refractivity contribution in [3.05, 3.63) is 66.1 Å². The molecule has 114 valence electrons. The highest BCUT2D eigenvalue weighted by Gasteiger charge is 2.15. The van der Waals surface area contributed by atoms with Crippen molar-refractivity contribution in [1.82, 2.24) is 4.98 Å². The summed E-state index contributed by atoms with van der Waals surface area (Å²) in [5.41, 5.74) is 0.136. The first-order valence-electron chi connectivity index (χ1n) is 6.78. The van der Waals surface area contributed by atoms with E-state index in [2.05, 4.69) is 4.98 Å². The minimum absolute atomic E-state index is 0.136. The third-order valence-electron chi connectivity index (χ3n) is 2.79. The molecule has 0 aliphatic heterocycles. The number of carbonyl (C=O) groups is 1. The maximum atomic E-state index is 14.1. The van der Waals surface area contributed by atoms with Gasteiger partial charge in [-0.3, -0.25) is 4.79 Å². The van der Waals surface area contributed by atoms with E-state index < -0.39 is 6.17 Å². The minimum Gasteiger partial charge on any atom is -0.512 e. The number of rotatable bonds is 6. The standard InChI is InChI=1S/C17H16FNO3/c1-12(20)10-13(21)11-15(18)16-8-5-9-17(19-16)22-14-6-3-2-4-7-14/h2-10,15,21H,11H2,1H3/b13-10-. The van der Waals surface area contributed by atoms with Crippen LogP contribution >= 0.6 is 0 Å². The second kappa shape index (κ2) is 7.36. The third-order valence-corrected chi connectivity index (χ3v) is 2.79. The van der Waals surface area contributed by atoms with Gasteiger partial charge in [0.15, 0.2) is 5.78 Å². The summed E-state index contributed by atoms with van der Waals surface area (Å²) in [5.74, 6) is 0.221. The Kier molecular flexibility index (Phi) is 5.25. The average Bonchev–Trinajstić information content (AvgIpc) is 2.47. The molecule has 0 aliphatic carbocycles. The lowest BCUT2D eigenvalue weighted by Crippen LogP contribution is -2.00. The number of allylic oxidation sites excluding steroid dienone is 2. The summed E-state index contributed by atoms with van der Waals surface area (Å²) in [6.07, 6.45) is -0.826. The number of alkyl halides is 1. The van der Waals surface area contributed by atoms with E-state index in [0.29, 0.717) is 5.75 Å². The van der Waals surface area contributed by atoms with E-state index in [9.17, 15) is 14.3 Å². The van der Waals surface area contributed by atoms with Crippen molar-refractivity contribution in [2.75, 3.05) is 0 Å². The number of ketones is 1. The first-order valence-corrected chi connectivity index (χ1v) is 6.78. The highest BCUT2D eigenvalue weighted by atomic mass is 19.1. The summed E-state index contributed by atoms with van der Waals surface area (Å²) in [6, 6.07) is 13.8. The van der Waals surface area contributed by atoms with Gasteiger partial charge < -0.3 is 9.84 Å². The molecule has 1 atom stereocenters.